The highest BCUT2D eigenvalue weighted by Gasteiger charge is 2.14. The van der Waals surface area contributed by atoms with E-state index < -0.39 is 17.8 Å². The summed E-state index contributed by atoms with van der Waals surface area (Å²) in [6, 6.07) is 10.2. The second kappa shape index (κ2) is 16.4. The van der Waals surface area contributed by atoms with Crippen LogP contribution in [0.2, 0.25) is 0 Å². The zero-order valence-electron chi connectivity index (χ0n) is 22.6. The summed E-state index contributed by atoms with van der Waals surface area (Å²) in [6.07, 6.45) is 4.55. The fraction of sp³-hybridized carbons (Fsp3) is 0.241. The first-order valence-electron chi connectivity index (χ1n) is 12.2. The van der Waals surface area contributed by atoms with Gasteiger partial charge in [-0.05, 0) is 49.7 Å². The van der Waals surface area contributed by atoms with Crippen LogP contribution in [-0.2, 0) is 11.3 Å². The molecule has 2 amide bonds. The fourth-order valence-electron chi connectivity index (χ4n) is 3.06. The van der Waals surface area contributed by atoms with Gasteiger partial charge in [-0.1, -0.05) is 52.5 Å². The summed E-state index contributed by atoms with van der Waals surface area (Å²) in [4.78, 5) is 32.0. The number of ether oxygens (including phenoxy) is 1. The third kappa shape index (κ3) is 9.24. The lowest BCUT2D eigenvalue weighted by molar-refractivity contribution is -0.112. The molecule has 0 aliphatic rings. The van der Waals surface area contributed by atoms with Crippen LogP contribution in [0, 0.1) is 18.8 Å². The maximum Gasteiger partial charge on any atom is 0.256 e. The Hall–Kier alpha value is -4.40. The molecule has 2 aromatic heterocycles. The average Bonchev–Trinajstić information content (AvgIpc) is 2.91. The van der Waals surface area contributed by atoms with E-state index in [9.17, 15) is 18.4 Å². The molecule has 202 valence electrons. The molecule has 0 aliphatic heterocycles. The minimum Gasteiger partial charge on any atom is -0.457 e. The molecule has 0 bridgehead atoms. The second-order valence-electron chi connectivity index (χ2n) is 7.11. The number of carbonyl (C=O) groups is 2. The molecule has 3 aromatic rings. The largest absolute Gasteiger partial charge is 0.457 e. The summed E-state index contributed by atoms with van der Waals surface area (Å²) in [7, 11) is 0. The van der Waals surface area contributed by atoms with Crippen LogP contribution >= 0.6 is 0 Å². The number of halogens is 2. The number of nitrogens with one attached hydrogen (secondary N) is 2. The first-order valence-corrected chi connectivity index (χ1v) is 12.2. The van der Waals surface area contributed by atoms with Gasteiger partial charge in [-0.15, -0.1) is 0 Å². The van der Waals surface area contributed by atoms with Crippen LogP contribution in [0.1, 0.15) is 56.1 Å². The van der Waals surface area contributed by atoms with Gasteiger partial charge in [0.15, 0.2) is 0 Å². The van der Waals surface area contributed by atoms with Gasteiger partial charge in [0.25, 0.3) is 11.8 Å². The summed E-state index contributed by atoms with van der Waals surface area (Å²) >= 11 is 0. The van der Waals surface area contributed by atoms with Crippen molar-refractivity contribution in [3.8, 4) is 11.5 Å². The van der Waals surface area contributed by atoms with Crippen LogP contribution in [0.5, 0.6) is 11.5 Å². The number of pyridine rings is 2. The molecule has 0 atom stereocenters. The van der Waals surface area contributed by atoms with Crippen LogP contribution in [0.4, 0.5) is 14.6 Å². The van der Waals surface area contributed by atoms with Gasteiger partial charge in [-0.25, -0.2) is 4.98 Å². The van der Waals surface area contributed by atoms with Crippen LogP contribution < -0.4 is 15.4 Å². The molecule has 0 aliphatic carbocycles. The van der Waals surface area contributed by atoms with Gasteiger partial charge in [-0.2, -0.15) is 13.8 Å². The number of anilines is 1. The molecular weight excluding hydrogens is 490 g/mol. The first-order chi connectivity index (χ1) is 18.3. The van der Waals surface area contributed by atoms with Crippen molar-refractivity contribution >= 4 is 17.6 Å². The van der Waals surface area contributed by atoms with Gasteiger partial charge < -0.3 is 15.4 Å². The van der Waals surface area contributed by atoms with E-state index in [-0.39, 0.29) is 23.8 Å². The normalized spacial score (nSPS) is 10.2. The molecular formula is C29H34F2N4O3. The molecule has 9 heteroatoms. The molecule has 1 aromatic carbocycles. The molecule has 3 rings (SSSR count). The van der Waals surface area contributed by atoms with E-state index in [1.807, 2.05) is 27.7 Å². The lowest BCUT2D eigenvalue weighted by Crippen LogP contribution is -2.24. The van der Waals surface area contributed by atoms with Crippen molar-refractivity contribution in [2.24, 2.45) is 0 Å². The monoisotopic (exact) mass is 524 g/mol. The van der Waals surface area contributed by atoms with Gasteiger partial charge >= 0.3 is 0 Å². The maximum atomic E-state index is 13.3. The van der Waals surface area contributed by atoms with Crippen molar-refractivity contribution in [1.29, 1.82) is 0 Å². The van der Waals surface area contributed by atoms with Crippen molar-refractivity contribution in [3.63, 3.8) is 0 Å². The van der Waals surface area contributed by atoms with E-state index in [0.717, 1.165) is 12.1 Å². The minimum atomic E-state index is -0.963. The summed E-state index contributed by atoms with van der Waals surface area (Å²) in [5.74, 6) is -1.62. The van der Waals surface area contributed by atoms with E-state index in [4.69, 9.17) is 4.74 Å². The van der Waals surface area contributed by atoms with Gasteiger partial charge in [-0.3, -0.25) is 9.59 Å². The van der Waals surface area contributed by atoms with Gasteiger partial charge in [0.1, 0.15) is 17.3 Å². The molecule has 2 heterocycles. The fourth-order valence-corrected chi connectivity index (χ4v) is 3.06. The zero-order chi connectivity index (χ0) is 28.7. The lowest BCUT2D eigenvalue weighted by atomic mass is 10.1. The zero-order valence-corrected chi connectivity index (χ0v) is 22.6. The molecule has 0 fully saturated rings. The van der Waals surface area contributed by atoms with Crippen molar-refractivity contribution in [2.75, 3.05) is 5.32 Å². The molecule has 0 spiro atoms. The van der Waals surface area contributed by atoms with Crippen molar-refractivity contribution in [3.05, 3.63) is 102 Å². The second-order valence-corrected chi connectivity index (χ2v) is 7.11. The number of hydrogen-bond acceptors (Lipinski definition) is 5. The van der Waals surface area contributed by atoms with Crippen LogP contribution in [0.15, 0.2) is 73.0 Å². The van der Waals surface area contributed by atoms with E-state index in [1.54, 1.807) is 50.3 Å². The standard InChI is InChI=1S/C25H22F2N4O3.2C2H6/c1-4-17(5-2)24(32)31-23-13-18(9-10-28-23)34-20-8-6-7-19(15(20)3)25(33)29-14-16-11-21(26)30-22(27)12-16;2*1-2/h4-13H,1,14H2,2-3H3,(H,29,33)(H,28,31,32);2*1-2H3/b17-5+;;. The summed E-state index contributed by atoms with van der Waals surface area (Å²) < 4.78 is 32.4. The number of allylic oxidation sites excluding steroid dienone is 1. The molecule has 0 saturated heterocycles. The van der Waals surface area contributed by atoms with Gasteiger partial charge in [0, 0.05) is 35.5 Å². The van der Waals surface area contributed by atoms with Crippen LogP contribution in [-0.4, -0.2) is 21.8 Å². The Morgan fingerprint density at radius 1 is 1.05 bits per heavy atom. The van der Waals surface area contributed by atoms with Crippen molar-refractivity contribution in [1.82, 2.24) is 15.3 Å². The molecule has 0 saturated carbocycles. The maximum absolute atomic E-state index is 13.3. The molecule has 0 radical (unpaired) electrons. The predicted molar refractivity (Wildman–Crippen MR) is 146 cm³/mol. The molecule has 2 N–H and O–H groups in total. The SMILES string of the molecule is C=C/C(=C\C)C(=O)Nc1cc(Oc2cccc(C(=O)NCc3cc(F)nc(F)c3)c2C)ccn1.CC.CC. The first kappa shape index (κ1) is 31.6. The van der Waals surface area contributed by atoms with Crippen LogP contribution in [0.3, 0.4) is 0 Å². The Kier molecular flexibility index (Phi) is 13.6. The van der Waals surface area contributed by atoms with E-state index in [0.29, 0.717) is 28.2 Å². The predicted octanol–water partition coefficient (Wildman–Crippen LogP) is 6.91. The van der Waals surface area contributed by atoms with Gasteiger partial charge in [0.05, 0.1) is 0 Å². The number of aromatic nitrogens is 2. The third-order valence-electron chi connectivity index (χ3n) is 4.80. The Morgan fingerprint density at radius 2 is 1.71 bits per heavy atom. The quantitative estimate of drug-likeness (QED) is 0.190. The van der Waals surface area contributed by atoms with Gasteiger partial charge in [0.2, 0.25) is 11.9 Å². The minimum absolute atomic E-state index is 0.0773. The Balaban J connectivity index is 0.00000172. The van der Waals surface area contributed by atoms with Crippen molar-refractivity contribution < 1.29 is 23.1 Å². The van der Waals surface area contributed by atoms with Crippen molar-refractivity contribution in [2.45, 2.75) is 48.1 Å². The van der Waals surface area contributed by atoms with E-state index >= 15 is 0 Å². The van der Waals surface area contributed by atoms with E-state index in [2.05, 4.69) is 27.2 Å². The Morgan fingerprint density at radius 3 is 2.32 bits per heavy atom. The number of nitrogens with zero attached hydrogens (tertiary/aromatic N) is 2. The summed E-state index contributed by atoms with van der Waals surface area (Å²) in [6.45, 7) is 15.0. The number of rotatable bonds is 8. The van der Waals surface area contributed by atoms with E-state index in [1.165, 1.54) is 12.3 Å². The number of amides is 2. The highest BCUT2D eigenvalue weighted by Crippen LogP contribution is 2.28. The highest BCUT2D eigenvalue weighted by molar-refractivity contribution is 6.05. The van der Waals surface area contributed by atoms with Crippen LogP contribution in [0.25, 0.3) is 0 Å². The molecule has 0 unspecified atom stereocenters. The number of carbonyl (C=O) groups excluding carboxylic acids is 2. The smallest absolute Gasteiger partial charge is 0.256 e. The molecule has 38 heavy (non-hydrogen) atoms. The Bertz CT molecular complexity index is 1260. The third-order valence-corrected chi connectivity index (χ3v) is 4.80. The molecule has 7 nitrogen and oxygen atoms in total. The lowest BCUT2D eigenvalue weighted by Gasteiger charge is -2.13. The Labute approximate surface area is 222 Å². The number of benzene rings is 1. The average molecular weight is 525 g/mol. The summed E-state index contributed by atoms with van der Waals surface area (Å²) in [5.41, 5.74) is 1.53. The topological polar surface area (TPSA) is 93.2 Å². The highest BCUT2D eigenvalue weighted by atomic mass is 19.1. The number of hydrogen-bond donors (Lipinski definition) is 2. The summed E-state index contributed by atoms with van der Waals surface area (Å²) in [5, 5.41) is 5.29.